The van der Waals surface area contributed by atoms with Gasteiger partial charge in [0.15, 0.2) is 0 Å². The van der Waals surface area contributed by atoms with E-state index in [2.05, 4.69) is 32.4 Å². The molecule has 0 rings (SSSR count). The van der Waals surface area contributed by atoms with Gasteiger partial charge in [0.1, 0.15) is 0 Å². The monoisotopic (exact) mass is 184 g/mol. The standard InChI is InChI=1S/C9H14S.C2H6/c1-5-9(8(3)4)7-10-6-2;1-2/h5-8H,1-2H2,3-4H3;1-2H3/b9-7+;. The molecule has 12 heavy (non-hydrogen) atoms. The van der Waals surface area contributed by atoms with Crippen LogP contribution >= 0.6 is 11.8 Å². The highest BCUT2D eigenvalue weighted by molar-refractivity contribution is 8.04. The van der Waals surface area contributed by atoms with Crippen molar-refractivity contribution in [3.8, 4) is 0 Å². The van der Waals surface area contributed by atoms with Crippen LogP contribution in [0.4, 0.5) is 0 Å². The fraction of sp³-hybridized carbons (Fsp3) is 0.455. The van der Waals surface area contributed by atoms with Crippen LogP contribution in [0.5, 0.6) is 0 Å². The van der Waals surface area contributed by atoms with Gasteiger partial charge in [-0.1, -0.05) is 46.9 Å². The Kier molecular flexibility index (Phi) is 12.4. The van der Waals surface area contributed by atoms with Gasteiger partial charge in [0, 0.05) is 0 Å². The fourth-order valence-corrected chi connectivity index (χ4v) is 1.17. The van der Waals surface area contributed by atoms with Gasteiger partial charge in [-0.2, -0.15) is 0 Å². The SMILES string of the molecule is C=CS/C=C(\C=C)C(C)C.CC. The maximum absolute atomic E-state index is 3.72. The van der Waals surface area contributed by atoms with Gasteiger partial charge in [-0.15, -0.1) is 11.8 Å². The van der Waals surface area contributed by atoms with Crippen molar-refractivity contribution in [3.05, 3.63) is 35.6 Å². The average Bonchev–Trinajstić information content (AvgIpc) is 2.09. The van der Waals surface area contributed by atoms with Crippen molar-refractivity contribution >= 4 is 11.8 Å². The zero-order valence-electron chi connectivity index (χ0n) is 8.63. The summed E-state index contributed by atoms with van der Waals surface area (Å²) in [7, 11) is 0. The maximum Gasteiger partial charge on any atom is -0.0214 e. The number of rotatable bonds is 4. The Morgan fingerprint density at radius 3 is 2.00 bits per heavy atom. The predicted octanol–water partition coefficient (Wildman–Crippen LogP) is 4.62. The van der Waals surface area contributed by atoms with Crippen LogP contribution in [-0.2, 0) is 0 Å². The molecule has 0 spiro atoms. The summed E-state index contributed by atoms with van der Waals surface area (Å²) in [4.78, 5) is 0. The second-order valence-corrected chi connectivity index (χ2v) is 3.12. The van der Waals surface area contributed by atoms with Crippen LogP contribution in [0.15, 0.2) is 35.6 Å². The highest BCUT2D eigenvalue weighted by Crippen LogP contribution is 2.15. The molecule has 0 aromatic carbocycles. The van der Waals surface area contributed by atoms with Crippen molar-refractivity contribution in [1.82, 2.24) is 0 Å². The zero-order chi connectivity index (χ0) is 9.98. The van der Waals surface area contributed by atoms with E-state index in [1.807, 2.05) is 25.3 Å². The Morgan fingerprint density at radius 1 is 1.25 bits per heavy atom. The summed E-state index contributed by atoms with van der Waals surface area (Å²) in [6.45, 7) is 15.6. The Morgan fingerprint density at radius 2 is 1.75 bits per heavy atom. The number of allylic oxidation sites excluding steroid dienone is 2. The Balaban J connectivity index is 0. The molecule has 0 N–H and O–H groups in total. The first-order chi connectivity index (χ1) is 5.72. The van der Waals surface area contributed by atoms with Crippen LogP contribution in [0.1, 0.15) is 27.7 Å². The Bertz CT molecular complexity index is 143. The molecule has 1 heteroatoms. The van der Waals surface area contributed by atoms with E-state index in [0.29, 0.717) is 5.92 Å². The van der Waals surface area contributed by atoms with Crippen LogP contribution in [-0.4, -0.2) is 0 Å². The quantitative estimate of drug-likeness (QED) is 0.575. The summed E-state index contributed by atoms with van der Waals surface area (Å²) in [5, 5.41) is 3.89. The zero-order valence-corrected chi connectivity index (χ0v) is 9.45. The van der Waals surface area contributed by atoms with Crippen LogP contribution < -0.4 is 0 Å². The third kappa shape index (κ3) is 7.67. The van der Waals surface area contributed by atoms with E-state index in [1.54, 1.807) is 11.8 Å². The Hall–Kier alpha value is -0.430. The Labute approximate surface area is 81.4 Å². The van der Waals surface area contributed by atoms with Crippen molar-refractivity contribution in [2.45, 2.75) is 27.7 Å². The van der Waals surface area contributed by atoms with E-state index < -0.39 is 0 Å². The highest BCUT2D eigenvalue weighted by Gasteiger charge is 1.95. The average molecular weight is 184 g/mol. The summed E-state index contributed by atoms with van der Waals surface area (Å²) >= 11 is 1.60. The number of hydrogen-bond donors (Lipinski definition) is 0. The van der Waals surface area contributed by atoms with E-state index in [-0.39, 0.29) is 0 Å². The second kappa shape index (κ2) is 10.6. The van der Waals surface area contributed by atoms with Crippen LogP contribution in [0, 0.1) is 5.92 Å². The molecular weight excluding hydrogens is 164 g/mol. The summed E-state index contributed by atoms with van der Waals surface area (Å²) < 4.78 is 0. The van der Waals surface area contributed by atoms with E-state index in [9.17, 15) is 0 Å². The van der Waals surface area contributed by atoms with Gasteiger partial charge in [0.25, 0.3) is 0 Å². The molecule has 0 saturated heterocycles. The van der Waals surface area contributed by atoms with Crippen LogP contribution in [0.2, 0.25) is 0 Å². The summed E-state index contributed by atoms with van der Waals surface area (Å²) in [6, 6.07) is 0. The second-order valence-electron chi connectivity index (χ2n) is 2.28. The van der Waals surface area contributed by atoms with Gasteiger partial charge in [0.2, 0.25) is 0 Å². The minimum Gasteiger partial charge on any atom is -0.106 e. The summed E-state index contributed by atoms with van der Waals surface area (Å²) in [6.07, 6.45) is 1.89. The molecular formula is C11H20S. The van der Waals surface area contributed by atoms with Gasteiger partial charge >= 0.3 is 0 Å². The molecule has 0 aliphatic heterocycles. The summed E-state index contributed by atoms with van der Waals surface area (Å²) in [5.74, 6) is 0.560. The van der Waals surface area contributed by atoms with E-state index in [1.165, 1.54) is 5.57 Å². The lowest BCUT2D eigenvalue weighted by Gasteiger charge is -2.03. The molecule has 0 aromatic heterocycles. The molecule has 0 nitrogen and oxygen atoms in total. The van der Waals surface area contributed by atoms with Gasteiger partial charge in [-0.3, -0.25) is 0 Å². The van der Waals surface area contributed by atoms with Gasteiger partial charge in [-0.05, 0) is 22.3 Å². The molecule has 0 unspecified atom stereocenters. The fourth-order valence-electron chi connectivity index (χ4n) is 0.547. The maximum atomic E-state index is 3.72. The molecule has 0 aliphatic rings. The minimum atomic E-state index is 0.560. The predicted molar refractivity (Wildman–Crippen MR) is 62.3 cm³/mol. The molecule has 70 valence electrons. The van der Waals surface area contributed by atoms with Crippen molar-refractivity contribution in [2.75, 3.05) is 0 Å². The number of thioether (sulfide) groups is 1. The molecule has 0 aromatic rings. The molecule has 0 atom stereocenters. The first-order valence-corrected chi connectivity index (χ1v) is 5.25. The largest absolute Gasteiger partial charge is 0.106 e. The van der Waals surface area contributed by atoms with E-state index in [0.717, 1.165) is 0 Å². The van der Waals surface area contributed by atoms with Crippen LogP contribution in [0.3, 0.4) is 0 Å². The highest BCUT2D eigenvalue weighted by atomic mass is 32.2. The van der Waals surface area contributed by atoms with Gasteiger partial charge < -0.3 is 0 Å². The van der Waals surface area contributed by atoms with Crippen LogP contribution in [0.25, 0.3) is 0 Å². The van der Waals surface area contributed by atoms with Crippen molar-refractivity contribution in [1.29, 1.82) is 0 Å². The summed E-state index contributed by atoms with van der Waals surface area (Å²) in [5.41, 5.74) is 1.27. The van der Waals surface area contributed by atoms with E-state index >= 15 is 0 Å². The minimum absolute atomic E-state index is 0.560. The molecule has 0 amide bonds. The molecule has 0 saturated carbocycles. The smallest absolute Gasteiger partial charge is 0.0214 e. The molecule has 0 bridgehead atoms. The third-order valence-corrected chi connectivity index (χ3v) is 1.80. The number of hydrogen-bond acceptors (Lipinski definition) is 1. The molecule has 0 heterocycles. The molecule has 0 fully saturated rings. The van der Waals surface area contributed by atoms with Crippen molar-refractivity contribution in [2.24, 2.45) is 5.92 Å². The lowest BCUT2D eigenvalue weighted by atomic mass is 10.1. The lowest BCUT2D eigenvalue weighted by Crippen LogP contribution is -1.87. The van der Waals surface area contributed by atoms with Gasteiger partial charge in [0.05, 0.1) is 0 Å². The van der Waals surface area contributed by atoms with E-state index in [4.69, 9.17) is 0 Å². The molecule has 0 aliphatic carbocycles. The van der Waals surface area contributed by atoms with Crippen molar-refractivity contribution < 1.29 is 0 Å². The topological polar surface area (TPSA) is 0 Å². The normalized spacial score (nSPS) is 10.2. The van der Waals surface area contributed by atoms with Crippen molar-refractivity contribution in [3.63, 3.8) is 0 Å². The third-order valence-electron chi connectivity index (χ3n) is 1.20. The van der Waals surface area contributed by atoms with Gasteiger partial charge in [-0.25, -0.2) is 0 Å². The first-order valence-electron chi connectivity index (χ1n) is 4.31. The lowest BCUT2D eigenvalue weighted by molar-refractivity contribution is 0.794. The molecule has 0 radical (unpaired) electrons. The first kappa shape index (κ1) is 14.1.